The van der Waals surface area contributed by atoms with Gasteiger partial charge in [0.2, 0.25) is 0 Å². The van der Waals surface area contributed by atoms with E-state index in [1.165, 1.54) is 5.56 Å². The van der Waals surface area contributed by atoms with Gasteiger partial charge in [0.05, 0.1) is 14.2 Å². The number of hydrogen-bond acceptors (Lipinski definition) is 5. The minimum atomic E-state index is -0.0376. The second-order valence-corrected chi connectivity index (χ2v) is 6.52. The van der Waals surface area contributed by atoms with E-state index < -0.39 is 0 Å². The first-order valence-corrected chi connectivity index (χ1v) is 9.35. The number of rotatable bonds is 6. The summed E-state index contributed by atoms with van der Waals surface area (Å²) in [7, 11) is 3.26. The van der Waals surface area contributed by atoms with Crippen LogP contribution in [0.15, 0.2) is 30.5 Å². The number of anilines is 1. The highest BCUT2D eigenvalue weighted by molar-refractivity contribution is 5.93. The Balaban J connectivity index is 1.83. The van der Waals surface area contributed by atoms with Crippen LogP contribution in [0.25, 0.3) is 0 Å². The van der Waals surface area contributed by atoms with E-state index in [2.05, 4.69) is 23.7 Å². The summed E-state index contributed by atoms with van der Waals surface area (Å²) in [5.74, 6) is 1.38. The van der Waals surface area contributed by atoms with E-state index in [4.69, 9.17) is 9.47 Å². The van der Waals surface area contributed by atoms with Crippen LogP contribution in [-0.4, -0.2) is 49.6 Å². The molecule has 1 aromatic heterocycles. The van der Waals surface area contributed by atoms with Gasteiger partial charge in [-0.05, 0) is 55.7 Å². The molecule has 27 heavy (non-hydrogen) atoms. The van der Waals surface area contributed by atoms with Crippen LogP contribution in [0.5, 0.6) is 11.5 Å². The Morgan fingerprint density at radius 1 is 1.11 bits per heavy atom. The summed E-state index contributed by atoms with van der Waals surface area (Å²) in [6.07, 6.45) is 2.50. The molecule has 144 valence electrons. The normalized spacial score (nSPS) is 13.1. The van der Waals surface area contributed by atoms with Gasteiger partial charge in [-0.2, -0.15) is 0 Å². The first kappa shape index (κ1) is 19.0. The predicted molar refractivity (Wildman–Crippen MR) is 106 cm³/mol. The fourth-order valence-electron chi connectivity index (χ4n) is 3.54. The zero-order chi connectivity index (χ0) is 19.4. The van der Waals surface area contributed by atoms with Crippen molar-refractivity contribution in [3.8, 4) is 11.5 Å². The van der Waals surface area contributed by atoms with Crippen molar-refractivity contribution in [3.05, 3.63) is 47.3 Å². The van der Waals surface area contributed by atoms with E-state index in [1.54, 1.807) is 20.4 Å². The Morgan fingerprint density at radius 3 is 2.41 bits per heavy atom. The monoisotopic (exact) mass is 369 g/mol. The predicted octanol–water partition coefficient (Wildman–Crippen LogP) is 3.14. The standard InChI is InChI=1S/C21H27N3O3/c1-5-23(6-2)17-7-9-22-18(13-17)21(25)24-10-8-15-11-19(26-3)20(27-4)12-16(15)14-24/h7,9,11-13H,5-6,8,10,14H2,1-4H3. The van der Waals surface area contributed by atoms with Crippen LogP contribution in [0.3, 0.4) is 0 Å². The van der Waals surface area contributed by atoms with Crippen LogP contribution in [0.1, 0.15) is 35.5 Å². The molecule has 6 nitrogen and oxygen atoms in total. The lowest BCUT2D eigenvalue weighted by atomic mass is 9.98. The summed E-state index contributed by atoms with van der Waals surface area (Å²) >= 11 is 0. The highest BCUT2D eigenvalue weighted by Gasteiger charge is 2.24. The maximum atomic E-state index is 13.0. The average molecular weight is 369 g/mol. The first-order chi connectivity index (χ1) is 13.1. The topological polar surface area (TPSA) is 54.9 Å². The summed E-state index contributed by atoms with van der Waals surface area (Å²) in [6, 6.07) is 7.81. The summed E-state index contributed by atoms with van der Waals surface area (Å²) in [5.41, 5.74) is 3.80. The van der Waals surface area contributed by atoms with Crippen molar-refractivity contribution in [3.63, 3.8) is 0 Å². The van der Waals surface area contributed by atoms with Gasteiger partial charge in [-0.15, -0.1) is 0 Å². The molecule has 1 aromatic carbocycles. The number of nitrogens with zero attached hydrogens (tertiary/aromatic N) is 3. The van der Waals surface area contributed by atoms with Gasteiger partial charge in [0.1, 0.15) is 5.69 Å². The Hall–Kier alpha value is -2.76. The number of methoxy groups -OCH3 is 2. The SMILES string of the molecule is CCN(CC)c1ccnc(C(=O)N2CCc3cc(OC)c(OC)cc3C2)c1. The average Bonchev–Trinajstić information content (AvgIpc) is 2.72. The molecule has 0 saturated heterocycles. The van der Waals surface area contributed by atoms with E-state index in [1.807, 2.05) is 29.2 Å². The van der Waals surface area contributed by atoms with Crippen LogP contribution in [0.4, 0.5) is 5.69 Å². The number of benzene rings is 1. The van der Waals surface area contributed by atoms with Gasteiger partial charge in [0.15, 0.2) is 11.5 Å². The van der Waals surface area contributed by atoms with Gasteiger partial charge in [0.25, 0.3) is 5.91 Å². The number of hydrogen-bond donors (Lipinski definition) is 0. The largest absolute Gasteiger partial charge is 0.493 e. The molecule has 0 spiro atoms. The lowest BCUT2D eigenvalue weighted by Gasteiger charge is -2.29. The van der Waals surface area contributed by atoms with E-state index >= 15 is 0 Å². The summed E-state index contributed by atoms with van der Waals surface area (Å²) in [5, 5.41) is 0. The molecular weight excluding hydrogens is 342 g/mol. The van der Waals surface area contributed by atoms with Crippen LogP contribution in [0, 0.1) is 0 Å². The zero-order valence-corrected chi connectivity index (χ0v) is 16.5. The maximum Gasteiger partial charge on any atom is 0.272 e. The lowest BCUT2D eigenvalue weighted by molar-refractivity contribution is 0.0728. The summed E-state index contributed by atoms with van der Waals surface area (Å²) in [4.78, 5) is 21.4. The van der Waals surface area contributed by atoms with Crippen molar-refractivity contribution < 1.29 is 14.3 Å². The number of amides is 1. The van der Waals surface area contributed by atoms with Crippen molar-refractivity contribution in [2.45, 2.75) is 26.8 Å². The molecule has 0 atom stereocenters. The fraction of sp³-hybridized carbons (Fsp3) is 0.429. The van der Waals surface area contributed by atoms with Gasteiger partial charge in [-0.25, -0.2) is 0 Å². The van der Waals surface area contributed by atoms with Crippen LogP contribution in [-0.2, 0) is 13.0 Å². The Morgan fingerprint density at radius 2 is 1.78 bits per heavy atom. The molecule has 0 saturated carbocycles. The molecule has 1 amide bonds. The van der Waals surface area contributed by atoms with Crippen molar-refractivity contribution in [2.75, 3.05) is 38.8 Å². The molecule has 2 heterocycles. The molecule has 0 aliphatic carbocycles. The number of aromatic nitrogens is 1. The van der Waals surface area contributed by atoms with E-state index in [0.29, 0.717) is 24.5 Å². The molecule has 1 aliphatic heterocycles. The highest BCUT2D eigenvalue weighted by atomic mass is 16.5. The Kier molecular flexibility index (Phi) is 5.84. The maximum absolute atomic E-state index is 13.0. The van der Waals surface area contributed by atoms with Crippen LogP contribution < -0.4 is 14.4 Å². The molecule has 6 heteroatoms. The van der Waals surface area contributed by atoms with Crippen LogP contribution >= 0.6 is 0 Å². The van der Waals surface area contributed by atoms with E-state index in [0.717, 1.165) is 36.5 Å². The molecule has 0 unspecified atom stereocenters. The molecule has 1 aliphatic rings. The van der Waals surface area contributed by atoms with Crippen molar-refractivity contribution >= 4 is 11.6 Å². The number of fused-ring (bicyclic) bond motifs is 1. The molecule has 3 rings (SSSR count). The quantitative estimate of drug-likeness (QED) is 0.783. The van der Waals surface area contributed by atoms with Gasteiger partial charge in [-0.3, -0.25) is 9.78 Å². The lowest BCUT2D eigenvalue weighted by Crippen LogP contribution is -2.36. The number of pyridine rings is 1. The summed E-state index contributed by atoms with van der Waals surface area (Å²) < 4.78 is 10.8. The van der Waals surface area contributed by atoms with E-state index in [-0.39, 0.29) is 5.91 Å². The third-order valence-corrected chi connectivity index (χ3v) is 5.10. The Bertz CT molecular complexity index is 818. The fourth-order valence-corrected chi connectivity index (χ4v) is 3.54. The first-order valence-electron chi connectivity index (χ1n) is 9.35. The van der Waals surface area contributed by atoms with E-state index in [9.17, 15) is 4.79 Å². The highest BCUT2D eigenvalue weighted by Crippen LogP contribution is 2.33. The second kappa shape index (κ2) is 8.29. The van der Waals surface area contributed by atoms with Gasteiger partial charge >= 0.3 is 0 Å². The Labute approximate surface area is 160 Å². The number of carbonyl (C=O) groups excluding carboxylic acids is 1. The minimum Gasteiger partial charge on any atom is -0.493 e. The third-order valence-electron chi connectivity index (χ3n) is 5.10. The van der Waals surface area contributed by atoms with Crippen molar-refractivity contribution in [2.24, 2.45) is 0 Å². The molecule has 0 N–H and O–H groups in total. The molecule has 0 radical (unpaired) electrons. The molecular formula is C21H27N3O3. The second-order valence-electron chi connectivity index (χ2n) is 6.52. The van der Waals surface area contributed by atoms with Gasteiger partial charge in [-0.1, -0.05) is 0 Å². The third kappa shape index (κ3) is 3.84. The molecule has 2 aromatic rings. The van der Waals surface area contributed by atoms with Gasteiger partial charge in [0, 0.05) is 38.1 Å². The minimum absolute atomic E-state index is 0.0376. The smallest absolute Gasteiger partial charge is 0.272 e. The number of ether oxygens (including phenoxy) is 2. The van der Waals surface area contributed by atoms with Crippen LogP contribution in [0.2, 0.25) is 0 Å². The van der Waals surface area contributed by atoms with Gasteiger partial charge < -0.3 is 19.3 Å². The summed E-state index contributed by atoms with van der Waals surface area (Å²) in [6.45, 7) is 7.22. The van der Waals surface area contributed by atoms with Crippen molar-refractivity contribution in [1.29, 1.82) is 0 Å². The zero-order valence-electron chi connectivity index (χ0n) is 16.5. The number of carbonyl (C=O) groups is 1. The molecule has 0 fully saturated rings. The van der Waals surface area contributed by atoms with Crippen molar-refractivity contribution in [1.82, 2.24) is 9.88 Å². The molecule has 0 bridgehead atoms.